The highest BCUT2D eigenvalue weighted by molar-refractivity contribution is 4.95. The molecule has 0 amide bonds. The molecule has 0 aromatic heterocycles. The highest BCUT2D eigenvalue weighted by Gasteiger charge is 1.83. The first-order valence-corrected chi connectivity index (χ1v) is 1.81. The predicted molar refractivity (Wildman–Crippen MR) is 27.4 cm³/mol. The molecule has 36 valence electrons. The first-order valence-electron chi connectivity index (χ1n) is 1.81. The van der Waals surface area contributed by atoms with Gasteiger partial charge in [-0.15, -0.1) is 6.42 Å². The molecule has 7 heavy (non-hydrogen) atoms. The summed E-state index contributed by atoms with van der Waals surface area (Å²) in [6, 6.07) is -0.315. The zero-order valence-corrected chi connectivity index (χ0v) is 4.00. The number of nitrogens with zero attached hydrogens (tertiary/aromatic N) is 3. The smallest absolute Gasteiger partial charge is 0.0957 e. The maximum atomic E-state index is 7.73. The van der Waals surface area contributed by atoms with Gasteiger partial charge in [0.1, 0.15) is 0 Å². The number of hydrogen-bond donors (Lipinski definition) is 0. The fourth-order valence-electron chi connectivity index (χ4n) is 0.111. The predicted octanol–water partition coefficient (Wildman–Crippen LogP) is 1.32. The Morgan fingerprint density at radius 3 is 2.71 bits per heavy atom. The van der Waals surface area contributed by atoms with E-state index in [1.807, 2.05) is 0 Å². The lowest BCUT2D eigenvalue weighted by Gasteiger charge is -1.82. The van der Waals surface area contributed by atoms with Crippen LogP contribution in [0.4, 0.5) is 0 Å². The van der Waals surface area contributed by atoms with Crippen molar-refractivity contribution < 1.29 is 0 Å². The van der Waals surface area contributed by atoms with Gasteiger partial charge in [-0.05, 0) is 12.5 Å². The van der Waals surface area contributed by atoms with Crippen molar-refractivity contribution in [3.8, 4) is 12.3 Å². The van der Waals surface area contributed by atoms with Gasteiger partial charge in [-0.3, -0.25) is 0 Å². The van der Waals surface area contributed by atoms with Crippen LogP contribution in [0.5, 0.6) is 0 Å². The minimum absolute atomic E-state index is 0.315. The SMILES string of the molecule is C#CC(C)N=[N+]=[N-]. The molecule has 3 nitrogen and oxygen atoms in total. The Labute approximate surface area is 42.0 Å². The first kappa shape index (κ1) is 5.87. The van der Waals surface area contributed by atoms with Gasteiger partial charge >= 0.3 is 0 Å². The molecule has 0 radical (unpaired) electrons. The van der Waals surface area contributed by atoms with Crippen molar-refractivity contribution in [1.29, 1.82) is 0 Å². The van der Waals surface area contributed by atoms with E-state index >= 15 is 0 Å². The van der Waals surface area contributed by atoms with Crippen LogP contribution in [0, 0.1) is 12.3 Å². The summed E-state index contributed by atoms with van der Waals surface area (Å²) in [5, 5.41) is 3.19. The highest BCUT2D eigenvalue weighted by Crippen LogP contribution is 1.82. The van der Waals surface area contributed by atoms with Crippen molar-refractivity contribution >= 4 is 0 Å². The zero-order valence-electron chi connectivity index (χ0n) is 4.00. The third kappa shape index (κ3) is 2.68. The standard InChI is InChI=1S/C4H5N3/c1-3-4(2)6-7-5/h1,4H,2H3. The fraction of sp³-hybridized carbons (Fsp3) is 0.500. The lowest BCUT2D eigenvalue weighted by atomic mass is 10.4. The van der Waals surface area contributed by atoms with Gasteiger partial charge in [0, 0.05) is 4.91 Å². The van der Waals surface area contributed by atoms with E-state index in [0.717, 1.165) is 0 Å². The van der Waals surface area contributed by atoms with E-state index in [2.05, 4.69) is 15.9 Å². The van der Waals surface area contributed by atoms with E-state index in [1.165, 1.54) is 0 Å². The summed E-state index contributed by atoms with van der Waals surface area (Å²) in [5.41, 5.74) is 7.73. The Hall–Kier alpha value is -1.13. The van der Waals surface area contributed by atoms with Crippen LogP contribution in [0.3, 0.4) is 0 Å². The van der Waals surface area contributed by atoms with E-state index in [0.29, 0.717) is 0 Å². The number of terminal acetylenes is 1. The molecule has 0 aromatic rings. The number of azide groups is 1. The summed E-state index contributed by atoms with van der Waals surface area (Å²) in [6.45, 7) is 1.65. The average molecular weight is 95.1 g/mol. The summed E-state index contributed by atoms with van der Waals surface area (Å²) in [7, 11) is 0. The van der Waals surface area contributed by atoms with Crippen LogP contribution in [0.1, 0.15) is 6.92 Å². The van der Waals surface area contributed by atoms with Gasteiger partial charge in [-0.25, -0.2) is 0 Å². The maximum Gasteiger partial charge on any atom is 0.0957 e. The molecule has 0 rings (SSSR count). The molecule has 0 bridgehead atoms. The summed E-state index contributed by atoms with van der Waals surface area (Å²) in [4.78, 5) is 2.49. The fourth-order valence-corrected chi connectivity index (χ4v) is 0.111. The number of rotatable bonds is 1. The Balaban J connectivity index is 3.64. The third-order valence-electron chi connectivity index (χ3n) is 0.466. The van der Waals surface area contributed by atoms with Crippen LogP contribution in [0.15, 0.2) is 5.11 Å². The van der Waals surface area contributed by atoms with Crippen molar-refractivity contribution in [3.05, 3.63) is 10.4 Å². The minimum Gasteiger partial charge on any atom is -0.120 e. The van der Waals surface area contributed by atoms with Gasteiger partial charge in [0.25, 0.3) is 0 Å². The molecule has 1 unspecified atom stereocenters. The molecule has 0 aromatic carbocycles. The van der Waals surface area contributed by atoms with E-state index in [4.69, 9.17) is 12.0 Å². The van der Waals surface area contributed by atoms with E-state index in [-0.39, 0.29) is 6.04 Å². The van der Waals surface area contributed by atoms with Crippen LogP contribution in [-0.2, 0) is 0 Å². The van der Waals surface area contributed by atoms with Crippen molar-refractivity contribution in [1.82, 2.24) is 0 Å². The first-order chi connectivity index (χ1) is 3.31. The lowest BCUT2D eigenvalue weighted by molar-refractivity contribution is 0.944. The lowest BCUT2D eigenvalue weighted by Crippen LogP contribution is -1.86. The molecular formula is C4H5N3. The van der Waals surface area contributed by atoms with Crippen molar-refractivity contribution in [3.63, 3.8) is 0 Å². The molecule has 3 heteroatoms. The maximum absolute atomic E-state index is 7.73. The van der Waals surface area contributed by atoms with Crippen LogP contribution >= 0.6 is 0 Å². The van der Waals surface area contributed by atoms with Gasteiger partial charge in [0.2, 0.25) is 0 Å². The zero-order chi connectivity index (χ0) is 5.70. The highest BCUT2D eigenvalue weighted by atomic mass is 15.1. The molecule has 0 spiro atoms. The summed E-state index contributed by atoms with van der Waals surface area (Å²) >= 11 is 0. The molecule has 0 aliphatic heterocycles. The van der Waals surface area contributed by atoms with Crippen LogP contribution in [0.25, 0.3) is 10.4 Å². The quantitative estimate of drug-likeness (QED) is 0.204. The van der Waals surface area contributed by atoms with Gasteiger partial charge < -0.3 is 0 Å². The van der Waals surface area contributed by atoms with E-state index < -0.39 is 0 Å². The molecule has 0 N–H and O–H groups in total. The van der Waals surface area contributed by atoms with Crippen molar-refractivity contribution in [2.45, 2.75) is 13.0 Å². The number of hydrogen-bond acceptors (Lipinski definition) is 1. The second kappa shape index (κ2) is 3.08. The second-order valence-electron chi connectivity index (χ2n) is 1.05. The molecule has 0 aliphatic carbocycles. The Morgan fingerprint density at radius 2 is 2.57 bits per heavy atom. The second-order valence-corrected chi connectivity index (χ2v) is 1.05. The molecular weight excluding hydrogens is 90.1 g/mol. The Morgan fingerprint density at radius 1 is 2.00 bits per heavy atom. The van der Waals surface area contributed by atoms with E-state index in [1.54, 1.807) is 6.92 Å². The summed E-state index contributed by atoms with van der Waals surface area (Å²) < 4.78 is 0. The topological polar surface area (TPSA) is 48.8 Å². The summed E-state index contributed by atoms with van der Waals surface area (Å²) in [6.07, 6.45) is 4.84. The van der Waals surface area contributed by atoms with Gasteiger partial charge in [0.05, 0.1) is 6.04 Å². The van der Waals surface area contributed by atoms with Gasteiger partial charge in [-0.2, -0.15) is 0 Å². The third-order valence-corrected chi connectivity index (χ3v) is 0.466. The van der Waals surface area contributed by atoms with Gasteiger partial charge in [-0.1, -0.05) is 11.0 Å². The Kier molecular flexibility index (Phi) is 2.58. The van der Waals surface area contributed by atoms with Crippen LogP contribution in [0.2, 0.25) is 0 Å². The minimum atomic E-state index is -0.315. The molecule has 0 aliphatic rings. The molecule has 0 heterocycles. The summed E-state index contributed by atoms with van der Waals surface area (Å²) in [5.74, 6) is 2.25. The van der Waals surface area contributed by atoms with Crippen LogP contribution in [-0.4, -0.2) is 6.04 Å². The molecule has 0 saturated heterocycles. The van der Waals surface area contributed by atoms with Gasteiger partial charge in [0.15, 0.2) is 0 Å². The van der Waals surface area contributed by atoms with E-state index in [9.17, 15) is 0 Å². The van der Waals surface area contributed by atoms with Crippen LogP contribution < -0.4 is 0 Å². The molecule has 0 saturated carbocycles. The molecule has 1 atom stereocenters. The normalized spacial score (nSPS) is 10.9. The average Bonchev–Trinajstić information content (AvgIpc) is 1.68. The molecule has 0 fully saturated rings. The Bertz CT molecular complexity index is 126. The monoisotopic (exact) mass is 95.0 g/mol. The van der Waals surface area contributed by atoms with Crippen molar-refractivity contribution in [2.75, 3.05) is 0 Å². The van der Waals surface area contributed by atoms with Crippen molar-refractivity contribution in [2.24, 2.45) is 5.11 Å². The largest absolute Gasteiger partial charge is 0.120 e.